The first-order valence-corrected chi connectivity index (χ1v) is 6.29. The van der Waals surface area contributed by atoms with Gasteiger partial charge in [-0.2, -0.15) is 0 Å². The number of aromatic nitrogens is 4. The Hall–Kier alpha value is -2.24. The molecule has 0 amide bonds. The molecule has 98 valence electrons. The summed E-state index contributed by atoms with van der Waals surface area (Å²) in [6, 6.07) is 0. The van der Waals surface area contributed by atoms with Crippen molar-refractivity contribution < 1.29 is 9.90 Å². The van der Waals surface area contributed by atoms with Crippen LogP contribution < -0.4 is 0 Å². The third-order valence-electron chi connectivity index (χ3n) is 3.44. The Labute approximate surface area is 110 Å². The van der Waals surface area contributed by atoms with Crippen LogP contribution in [-0.4, -0.2) is 30.6 Å². The standard InChI is InChI=1S/C13H14N4O2/c1-8-9(12(18)19)6-14-13(16-8)17-7-15-10-4-2-3-5-11(10)17/h6-7H,2-5H2,1H3,(H,18,19). The predicted octanol–water partition coefficient (Wildman–Crippen LogP) is 1.55. The predicted molar refractivity (Wildman–Crippen MR) is 67.5 cm³/mol. The number of nitrogens with zero attached hydrogens (tertiary/aromatic N) is 4. The topological polar surface area (TPSA) is 80.9 Å². The SMILES string of the molecule is Cc1nc(-n2cnc3c2CCCC3)ncc1C(=O)O. The minimum absolute atomic E-state index is 0.137. The quantitative estimate of drug-likeness (QED) is 0.883. The summed E-state index contributed by atoms with van der Waals surface area (Å²) >= 11 is 0. The molecular weight excluding hydrogens is 244 g/mol. The zero-order valence-corrected chi connectivity index (χ0v) is 10.6. The van der Waals surface area contributed by atoms with Gasteiger partial charge in [-0.15, -0.1) is 0 Å². The van der Waals surface area contributed by atoms with Gasteiger partial charge in [-0.1, -0.05) is 0 Å². The molecule has 2 heterocycles. The first-order valence-electron chi connectivity index (χ1n) is 6.29. The average molecular weight is 258 g/mol. The summed E-state index contributed by atoms with van der Waals surface area (Å²) in [5.74, 6) is -0.505. The monoisotopic (exact) mass is 258 g/mol. The Balaban J connectivity index is 2.05. The van der Waals surface area contributed by atoms with E-state index in [9.17, 15) is 4.79 Å². The molecule has 0 aliphatic heterocycles. The largest absolute Gasteiger partial charge is 0.478 e. The normalized spacial score (nSPS) is 14.2. The van der Waals surface area contributed by atoms with Gasteiger partial charge in [0, 0.05) is 11.9 Å². The molecule has 6 nitrogen and oxygen atoms in total. The van der Waals surface area contributed by atoms with Crippen molar-refractivity contribution in [3.8, 4) is 5.95 Å². The number of aryl methyl sites for hydroxylation is 2. The molecule has 0 radical (unpaired) electrons. The number of carboxylic acid groups (broad SMARTS) is 1. The highest BCUT2D eigenvalue weighted by Crippen LogP contribution is 2.21. The first kappa shape index (κ1) is 11.8. The van der Waals surface area contributed by atoms with Crippen LogP contribution in [-0.2, 0) is 12.8 Å². The highest BCUT2D eigenvalue weighted by Gasteiger charge is 2.18. The summed E-state index contributed by atoms with van der Waals surface area (Å²) in [6.45, 7) is 1.68. The van der Waals surface area contributed by atoms with E-state index >= 15 is 0 Å². The third kappa shape index (κ3) is 1.99. The number of carboxylic acids is 1. The molecule has 0 saturated carbocycles. The summed E-state index contributed by atoms with van der Waals surface area (Å²) in [6.07, 6.45) is 7.36. The summed E-state index contributed by atoms with van der Waals surface area (Å²) < 4.78 is 1.87. The smallest absolute Gasteiger partial charge is 0.339 e. The molecule has 2 aromatic heterocycles. The highest BCUT2D eigenvalue weighted by molar-refractivity contribution is 5.88. The minimum Gasteiger partial charge on any atom is -0.478 e. The second-order valence-corrected chi connectivity index (χ2v) is 4.69. The van der Waals surface area contributed by atoms with Crippen molar-refractivity contribution >= 4 is 5.97 Å². The second kappa shape index (κ2) is 4.46. The molecule has 2 aromatic rings. The lowest BCUT2D eigenvalue weighted by Gasteiger charge is -2.13. The maximum Gasteiger partial charge on any atom is 0.339 e. The molecular formula is C13H14N4O2. The van der Waals surface area contributed by atoms with Gasteiger partial charge >= 0.3 is 5.97 Å². The van der Waals surface area contributed by atoms with E-state index in [0.717, 1.165) is 30.7 Å². The highest BCUT2D eigenvalue weighted by atomic mass is 16.4. The lowest BCUT2D eigenvalue weighted by molar-refractivity contribution is 0.0695. The van der Waals surface area contributed by atoms with E-state index in [0.29, 0.717) is 11.6 Å². The fourth-order valence-electron chi connectivity index (χ4n) is 2.42. The van der Waals surface area contributed by atoms with Gasteiger partial charge in [0.15, 0.2) is 0 Å². The van der Waals surface area contributed by atoms with Gasteiger partial charge in [0.05, 0.1) is 17.0 Å². The Morgan fingerprint density at radius 2 is 2.11 bits per heavy atom. The zero-order valence-electron chi connectivity index (χ0n) is 10.6. The van der Waals surface area contributed by atoms with E-state index in [4.69, 9.17) is 5.11 Å². The van der Waals surface area contributed by atoms with Crippen molar-refractivity contribution in [2.45, 2.75) is 32.6 Å². The fourth-order valence-corrected chi connectivity index (χ4v) is 2.42. The van der Waals surface area contributed by atoms with Crippen LogP contribution in [0.3, 0.4) is 0 Å². The molecule has 19 heavy (non-hydrogen) atoms. The van der Waals surface area contributed by atoms with Crippen LogP contribution in [0.5, 0.6) is 0 Å². The van der Waals surface area contributed by atoms with Crippen molar-refractivity contribution in [3.63, 3.8) is 0 Å². The van der Waals surface area contributed by atoms with Crippen molar-refractivity contribution in [3.05, 3.63) is 35.2 Å². The number of fused-ring (bicyclic) bond motifs is 1. The van der Waals surface area contributed by atoms with Gasteiger partial charge in [0.2, 0.25) is 5.95 Å². The average Bonchev–Trinajstić information content (AvgIpc) is 2.82. The van der Waals surface area contributed by atoms with Gasteiger partial charge < -0.3 is 5.11 Å². The second-order valence-electron chi connectivity index (χ2n) is 4.69. The summed E-state index contributed by atoms with van der Waals surface area (Å²) in [4.78, 5) is 23.8. The van der Waals surface area contributed by atoms with Crippen molar-refractivity contribution in [2.24, 2.45) is 0 Å². The fraction of sp³-hybridized carbons (Fsp3) is 0.385. The number of carbonyl (C=O) groups is 1. The summed E-state index contributed by atoms with van der Waals surface area (Å²) in [5.41, 5.74) is 2.86. The zero-order chi connectivity index (χ0) is 13.4. The van der Waals surface area contributed by atoms with Gasteiger partial charge in [-0.05, 0) is 32.6 Å². The van der Waals surface area contributed by atoms with E-state index in [1.54, 1.807) is 13.3 Å². The lowest BCUT2D eigenvalue weighted by atomic mass is 10.0. The molecule has 0 spiro atoms. The third-order valence-corrected chi connectivity index (χ3v) is 3.44. The molecule has 0 atom stereocenters. The maximum absolute atomic E-state index is 11.0. The van der Waals surface area contributed by atoms with Crippen LogP contribution in [0.4, 0.5) is 0 Å². The van der Waals surface area contributed by atoms with Crippen LogP contribution in [0.2, 0.25) is 0 Å². The number of rotatable bonds is 2. The van der Waals surface area contributed by atoms with Crippen LogP contribution in [0, 0.1) is 6.92 Å². The molecule has 0 aromatic carbocycles. The van der Waals surface area contributed by atoms with Crippen molar-refractivity contribution in [1.82, 2.24) is 19.5 Å². The lowest BCUT2D eigenvalue weighted by Crippen LogP contribution is -2.11. The molecule has 3 rings (SSSR count). The van der Waals surface area contributed by atoms with E-state index in [1.807, 2.05) is 4.57 Å². The van der Waals surface area contributed by atoms with E-state index in [-0.39, 0.29) is 5.56 Å². The Kier molecular flexibility index (Phi) is 2.77. The Morgan fingerprint density at radius 3 is 2.84 bits per heavy atom. The van der Waals surface area contributed by atoms with Crippen LogP contribution in [0.25, 0.3) is 5.95 Å². The molecule has 0 bridgehead atoms. The van der Waals surface area contributed by atoms with E-state index in [2.05, 4.69) is 15.0 Å². The van der Waals surface area contributed by atoms with E-state index in [1.165, 1.54) is 12.6 Å². The van der Waals surface area contributed by atoms with Gasteiger partial charge in [0.25, 0.3) is 0 Å². The van der Waals surface area contributed by atoms with E-state index < -0.39 is 5.97 Å². The van der Waals surface area contributed by atoms with Gasteiger partial charge in [-0.3, -0.25) is 4.57 Å². The molecule has 6 heteroatoms. The summed E-state index contributed by atoms with van der Waals surface area (Å²) in [7, 11) is 0. The van der Waals surface area contributed by atoms with Crippen LogP contribution in [0.1, 0.15) is 40.3 Å². The maximum atomic E-state index is 11.0. The molecule has 1 N–H and O–H groups in total. The van der Waals surface area contributed by atoms with Crippen LogP contribution in [0.15, 0.2) is 12.5 Å². The number of aromatic carboxylic acids is 1. The minimum atomic E-state index is -1.00. The van der Waals surface area contributed by atoms with Crippen molar-refractivity contribution in [2.75, 3.05) is 0 Å². The number of hydrogen-bond acceptors (Lipinski definition) is 4. The van der Waals surface area contributed by atoms with Gasteiger partial charge in [-0.25, -0.2) is 19.7 Å². The first-order chi connectivity index (χ1) is 9.16. The molecule has 1 aliphatic carbocycles. The van der Waals surface area contributed by atoms with Gasteiger partial charge in [0.1, 0.15) is 6.33 Å². The molecule has 0 unspecified atom stereocenters. The number of hydrogen-bond donors (Lipinski definition) is 1. The number of imidazole rings is 1. The summed E-state index contributed by atoms with van der Waals surface area (Å²) in [5, 5.41) is 8.98. The van der Waals surface area contributed by atoms with Crippen LogP contribution >= 0.6 is 0 Å². The molecule has 0 fully saturated rings. The Bertz CT molecular complexity index is 648. The molecule has 0 saturated heterocycles. The Morgan fingerprint density at radius 1 is 1.32 bits per heavy atom. The molecule has 1 aliphatic rings. The van der Waals surface area contributed by atoms with Crippen molar-refractivity contribution in [1.29, 1.82) is 0 Å².